The van der Waals surface area contributed by atoms with E-state index in [2.05, 4.69) is 49.5 Å². The predicted molar refractivity (Wildman–Crippen MR) is 63.3 cm³/mol. The molecule has 0 aromatic heterocycles. The van der Waals surface area contributed by atoms with Crippen LogP contribution in [0.15, 0.2) is 24.3 Å². The third kappa shape index (κ3) is 2.71. The van der Waals surface area contributed by atoms with Crippen LogP contribution in [-0.4, -0.2) is 7.05 Å². The van der Waals surface area contributed by atoms with Crippen molar-refractivity contribution in [3.05, 3.63) is 41.0 Å². The van der Waals surface area contributed by atoms with E-state index in [1.54, 1.807) is 0 Å². The van der Waals surface area contributed by atoms with E-state index in [9.17, 15) is 0 Å². The molecule has 0 saturated heterocycles. The van der Waals surface area contributed by atoms with E-state index in [0.29, 0.717) is 0 Å². The van der Waals surface area contributed by atoms with Crippen LogP contribution in [0.4, 0.5) is 0 Å². The smallest absolute Gasteiger partial charge is 0.0208 e. The summed E-state index contributed by atoms with van der Waals surface area (Å²) in [4.78, 5) is 0. The van der Waals surface area contributed by atoms with Gasteiger partial charge in [-0.05, 0) is 37.1 Å². The summed E-state index contributed by atoms with van der Waals surface area (Å²) in [7, 11) is 1.98. The molecule has 0 bridgehead atoms. The van der Waals surface area contributed by atoms with Gasteiger partial charge in [-0.25, -0.2) is 0 Å². The highest BCUT2D eigenvalue weighted by Gasteiger charge is 2.00. The van der Waals surface area contributed by atoms with E-state index >= 15 is 0 Å². The van der Waals surface area contributed by atoms with E-state index in [0.717, 1.165) is 13.0 Å². The van der Waals surface area contributed by atoms with Crippen LogP contribution in [0.5, 0.6) is 0 Å². The van der Waals surface area contributed by atoms with E-state index < -0.39 is 0 Å². The molecule has 0 saturated carbocycles. The maximum Gasteiger partial charge on any atom is 0.0208 e. The van der Waals surface area contributed by atoms with Crippen molar-refractivity contribution in [2.45, 2.75) is 26.8 Å². The van der Waals surface area contributed by atoms with E-state index in [1.165, 1.54) is 16.7 Å². The zero-order valence-corrected chi connectivity index (χ0v) is 9.30. The minimum Gasteiger partial charge on any atom is -0.316 e. The van der Waals surface area contributed by atoms with Crippen LogP contribution in [0.3, 0.4) is 0 Å². The second-order valence-corrected chi connectivity index (χ2v) is 3.49. The lowest BCUT2D eigenvalue weighted by atomic mass is 10.0. The standard InChI is InChI=1S/C13H19N/c1-4-5-9-13-11(2)7-6-8-12(13)10-14-3/h5-9,14H,4,10H2,1-3H3/b9-5-. The van der Waals surface area contributed by atoms with Gasteiger partial charge in [-0.1, -0.05) is 37.3 Å². The highest BCUT2D eigenvalue weighted by molar-refractivity contribution is 5.57. The largest absolute Gasteiger partial charge is 0.316 e. The maximum atomic E-state index is 3.19. The van der Waals surface area contributed by atoms with Crippen LogP contribution in [-0.2, 0) is 6.54 Å². The lowest BCUT2D eigenvalue weighted by molar-refractivity contribution is 0.815. The molecule has 0 atom stereocenters. The molecule has 1 heteroatoms. The van der Waals surface area contributed by atoms with Gasteiger partial charge in [0.15, 0.2) is 0 Å². The van der Waals surface area contributed by atoms with Gasteiger partial charge in [0.1, 0.15) is 0 Å². The number of allylic oxidation sites excluding steroid dienone is 1. The SMILES string of the molecule is CC/C=C\c1c(C)cccc1CNC. The first-order valence-electron chi connectivity index (χ1n) is 5.19. The van der Waals surface area contributed by atoms with Gasteiger partial charge in [-0.2, -0.15) is 0 Å². The Hall–Kier alpha value is -1.08. The Labute approximate surface area is 86.8 Å². The zero-order valence-electron chi connectivity index (χ0n) is 9.30. The van der Waals surface area contributed by atoms with Gasteiger partial charge in [0.2, 0.25) is 0 Å². The molecular formula is C13H19N. The quantitative estimate of drug-likeness (QED) is 0.767. The Balaban J connectivity index is 3.02. The van der Waals surface area contributed by atoms with E-state index in [-0.39, 0.29) is 0 Å². The molecule has 14 heavy (non-hydrogen) atoms. The molecular weight excluding hydrogens is 170 g/mol. The molecule has 0 fully saturated rings. The molecule has 0 radical (unpaired) electrons. The van der Waals surface area contributed by atoms with Gasteiger partial charge in [0, 0.05) is 6.54 Å². The molecule has 0 aliphatic rings. The minimum absolute atomic E-state index is 0.936. The molecule has 1 aromatic carbocycles. The molecule has 0 spiro atoms. The lowest BCUT2D eigenvalue weighted by Gasteiger charge is -2.08. The van der Waals surface area contributed by atoms with Crippen LogP contribution in [0, 0.1) is 6.92 Å². The fourth-order valence-electron chi connectivity index (χ4n) is 1.56. The number of rotatable bonds is 4. The number of hydrogen-bond donors (Lipinski definition) is 1. The molecule has 1 rings (SSSR count). The van der Waals surface area contributed by atoms with Crippen molar-refractivity contribution < 1.29 is 0 Å². The van der Waals surface area contributed by atoms with E-state index in [1.807, 2.05) is 7.05 Å². The van der Waals surface area contributed by atoms with E-state index in [4.69, 9.17) is 0 Å². The lowest BCUT2D eigenvalue weighted by Crippen LogP contribution is -2.07. The summed E-state index contributed by atoms with van der Waals surface area (Å²) in [5, 5.41) is 3.19. The van der Waals surface area contributed by atoms with Crippen molar-refractivity contribution in [3.63, 3.8) is 0 Å². The number of nitrogens with one attached hydrogen (secondary N) is 1. The third-order valence-corrected chi connectivity index (χ3v) is 2.30. The van der Waals surface area contributed by atoms with Gasteiger partial charge in [-0.15, -0.1) is 0 Å². The van der Waals surface area contributed by atoms with Gasteiger partial charge < -0.3 is 5.32 Å². The highest BCUT2D eigenvalue weighted by atomic mass is 14.8. The molecule has 0 heterocycles. The maximum absolute atomic E-state index is 3.19. The van der Waals surface area contributed by atoms with Gasteiger partial charge in [0.25, 0.3) is 0 Å². The van der Waals surface area contributed by atoms with Crippen molar-refractivity contribution in [2.75, 3.05) is 7.05 Å². The molecule has 1 N–H and O–H groups in total. The Bertz CT molecular complexity index is 313. The molecule has 0 aliphatic heterocycles. The summed E-state index contributed by atoms with van der Waals surface area (Å²) < 4.78 is 0. The van der Waals surface area contributed by atoms with Gasteiger partial charge in [-0.3, -0.25) is 0 Å². The first kappa shape index (κ1) is 11.0. The summed E-state index contributed by atoms with van der Waals surface area (Å²) in [5.74, 6) is 0. The van der Waals surface area contributed by atoms with Crippen LogP contribution < -0.4 is 5.32 Å². The Morgan fingerprint density at radius 3 is 2.79 bits per heavy atom. The topological polar surface area (TPSA) is 12.0 Å². The first-order chi connectivity index (χ1) is 6.79. The second-order valence-electron chi connectivity index (χ2n) is 3.49. The fourth-order valence-corrected chi connectivity index (χ4v) is 1.56. The summed E-state index contributed by atoms with van der Waals surface area (Å²) in [5.41, 5.74) is 4.09. The summed E-state index contributed by atoms with van der Waals surface area (Å²) in [6, 6.07) is 6.46. The van der Waals surface area contributed by atoms with Crippen molar-refractivity contribution in [3.8, 4) is 0 Å². The molecule has 1 nitrogen and oxygen atoms in total. The fraction of sp³-hybridized carbons (Fsp3) is 0.385. The average molecular weight is 189 g/mol. The average Bonchev–Trinajstić information content (AvgIpc) is 2.18. The molecule has 0 amide bonds. The van der Waals surface area contributed by atoms with Crippen molar-refractivity contribution >= 4 is 6.08 Å². The second kappa shape index (κ2) is 5.61. The minimum atomic E-state index is 0.936. The molecule has 1 aromatic rings. The summed E-state index contributed by atoms with van der Waals surface area (Å²) in [6.07, 6.45) is 5.52. The van der Waals surface area contributed by atoms with Crippen LogP contribution in [0.1, 0.15) is 30.0 Å². The molecule has 0 unspecified atom stereocenters. The zero-order chi connectivity index (χ0) is 10.4. The summed E-state index contributed by atoms with van der Waals surface area (Å²) in [6.45, 7) is 5.26. The van der Waals surface area contributed by atoms with Crippen molar-refractivity contribution in [2.24, 2.45) is 0 Å². The predicted octanol–water partition coefficient (Wildman–Crippen LogP) is 3.14. The number of benzene rings is 1. The first-order valence-corrected chi connectivity index (χ1v) is 5.19. The summed E-state index contributed by atoms with van der Waals surface area (Å²) >= 11 is 0. The van der Waals surface area contributed by atoms with Crippen molar-refractivity contribution in [1.82, 2.24) is 5.32 Å². The van der Waals surface area contributed by atoms with Gasteiger partial charge in [0.05, 0.1) is 0 Å². The Kier molecular flexibility index (Phi) is 4.41. The third-order valence-electron chi connectivity index (χ3n) is 2.30. The molecule has 76 valence electrons. The van der Waals surface area contributed by atoms with Gasteiger partial charge >= 0.3 is 0 Å². The van der Waals surface area contributed by atoms with Crippen LogP contribution in [0.25, 0.3) is 6.08 Å². The van der Waals surface area contributed by atoms with Crippen LogP contribution >= 0.6 is 0 Å². The number of hydrogen-bond acceptors (Lipinski definition) is 1. The van der Waals surface area contributed by atoms with Crippen LogP contribution in [0.2, 0.25) is 0 Å². The number of aryl methyl sites for hydroxylation is 1. The molecule has 0 aliphatic carbocycles. The Morgan fingerprint density at radius 1 is 1.36 bits per heavy atom. The van der Waals surface area contributed by atoms with Crippen molar-refractivity contribution in [1.29, 1.82) is 0 Å². The normalized spacial score (nSPS) is 11.1. The highest BCUT2D eigenvalue weighted by Crippen LogP contribution is 2.16. The Morgan fingerprint density at radius 2 is 2.14 bits per heavy atom. The monoisotopic (exact) mass is 189 g/mol.